The van der Waals surface area contributed by atoms with Crippen LogP contribution >= 0.6 is 0 Å². The van der Waals surface area contributed by atoms with E-state index in [0.717, 1.165) is 0 Å². The van der Waals surface area contributed by atoms with Crippen molar-refractivity contribution in [2.45, 2.75) is 136 Å². The highest BCUT2D eigenvalue weighted by Crippen LogP contribution is 2.24. The smallest absolute Gasteiger partial charge is 0.303 e. The van der Waals surface area contributed by atoms with Gasteiger partial charge < -0.3 is 122 Å². The minimum atomic E-state index is -1.74. The lowest BCUT2D eigenvalue weighted by atomic mass is 9.99. The molecular formula is C39H70N6O24. The maximum absolute atomic E-state index is 14.0. The van der Waals surface area contributed by atoms with E-state index in [4.69, 9.17) is 39.3 Å². The van der Waals surface area contributed by atoms with Crippen LogP contribution in [0, 0.1) is 0 Å². The molecule has 69 heavy (non-hydrogen) atoms. The van der Waals surface area contributed by atoms with E-state index in [2.05, 4.69) is 21.3 Å². The molecule has 0 aliphatic carbocycles. The zero-order chi connectivity index (χ0) is 51.4. The zero-order valence-corrected chi connectivity index (χ0v) is 37.7. The number of nitrogens with two attached hydrogens (primary N) is 1. The molecule has 3 aliphatic rings. The number of hydrogen-bond donors (Lipinski definition) is 18. The van der Waals surface area contributed by atoms with E-state index >= 15 is 0 Å². The third-order valence-corrected chi connectivity index (χ3v) is 11.3. The maximum Gasteiger partial charge on any atom is 0.303 e. The summed E-state index contributed by atoms with van der Waals surface area (Å²) in [4.78, 5) is 65.3. The van der Waals surface area contributed by atoms with Crippen molar-refractivity contribution in [2.75, 3.05) is 78.9 Å². The van der Waals surface area contributed by atoms with Crippen LogP contribution in [0.15, 0.2) is 0 Å². The Morgan fingerprint density at radius 3 is 1.26 bits per heavy atom. The van der Waals surface area contributed by atoms with Gasteiger partial charge in [-0.2, -0.15) is 0 Å². The molecule has 0 aromatic rings. The van der Waals surface area contributed by atoms with Gasteiger partial charge in [0.2, 0.25) is 23.6 Å². The Bertz CT molecular complexity index is 1510. The number of unbranched alkanes of at least 4 members (excludes halogenated alkanes) is 1. The molecule has 400 valence electrons. The first kappa shape index (κ1) is 59.9. The monoisotopic (exact) mass is 1010 g/mol. The molecular weight excluding hydrogens is 936 g/mol. The van der Waals surface area contributed by atoms with Gasteiger partial charge in [-0.3, -0.25) is 28.9 Å². The predicted molar refractivity (Wildman–Crippen MR) is 225 cm³/mol. The van der Waals surface area contributed by atoms with Crippen LogP contribution in [0.25, 0.3) is 0 Å². The first-order valence-electron chi connectivity index (χ1n) is 22.3. The molecule has 3 rings (SSSR count). The standard InChI is InChI=1S/C39H70N6O24/c40-18(4-5-25(51)52)35(62)43-6-2-1-3-19(36(63)44-9-12-66-39-34(61)31(58)28(55)22(17-48)69-39)45(13-23(49)41-7-10-64-37-32(59)29(56)26(53)20(15-46)67-37)14-24(50)42-8-11-65-38-33(60)30(57)27(54)21(16-47)68-38/h18-22,26-34,37-39,46-48,53-61H,1-17,40H2,(H,41,49)(H,42,50)(H,43,62)(H,44,63)(H,51,52)/t18-,19-,20+,21+,22+,26+,27+,28+,29-,30-,31-,32-,33-,34-,37-,38-,39-/m0/s1. The van der Waals surface area contributed by atoms with Gasteiger partial charge in [-0.1, -0.05) is 0 Å². The van der Waals surface area contributed by atoms with Crippen molar-refractivity contribution in [1.29, 1.82) is 0 Å². The Morgan fingerprint density at radius 2 is 0.884 bits per heavy atom. The Balaban J connectivity index is 1.73. The second-order valence-electron chi connectivity index (χ2n) is 16.4. The summed E-state index contributed by atoms with van der Waals surface area (Å²) in [6.07, 6.45) is -23.8. The van der Waals surface area contributed by atoms with Crippen LogP contribution in [0.4, 0.5) is 0 Å². The van der Waals surface area contributed by atoms with Crippen LogP contribution in [0.5, 0.6) is 0 Å². The molecule has 3 heterocycles. The topological polar surface area (TPSA) is 481 Å². The van der Waals surface area contributed by atoms with Gasteiger partial charge in [0, 0.05) is 32.6 Å². The number of hydrogen-bond acceptors (Lipinski definition) is 25. The number of carbonyl (C=O) groups is 5. The molecule has 0 aromatic heterocycles. The van der Waals surface area contributed by atoms with Crippen LogP contribution in [-0.2, 0) is 52.4 Å². The van der Waals surface area contributed by atoms with E-state index in [1.165, 1.54) is 4.90 Å². The third-order valence-electron chi connectivity index (χ3n) is 11.3. The average molecular weight is 1010 g/mol. The number of aliphatic hydroxyl groups excluding tert-OH is 12. The summed E-state index contributed by atoms with van der Waals surface area (Å²) < 4.78 is 32.2. The Kier molecular flexibility index (Phi) is 26.4. The van der Waals surface area contributed by atoms with Gasteiger partial charge in [0.05, 0.1) is 64.8 Å². The molecule has 3 saturated heterocycles. The summed E-state index contributed by atoms with van der Waals surface area (Å²) in [5.41, 5.74) is 5.77. The van der Waals surface area contributed by atoms with Crippen LogP contribution in [0.2, 0.25) is 0 Å². The molecule has 4 amide bonds. The summed E-state index contributed by atoms with van der Waals surface area (Å²) in [5, 5.41) is 139. The zero-order valence-electron chi connectivity index (χ0n) is 37.7. The SMILES string of the molecule is N[C@@H](CCC(=O)O)C(=O)NCCCC[C@@H](C(=O)NCCO[C@H]1O[C@H](CO)[C@@H](O)[C@H](O)[C@@H]1O)N(CC(=O)NCCO[C@H]1O[C@H](CO)[C@@H](O)[C@H](O)[C@@H]1O)CC(=O)NCCO[C@H]1O[C@H](CO)[C@@H](O)[C@H](O)[C@@H]1O. The molecule has 30 nitrogen and oxygen atoms in total. The number of carboxylic acids is 1. The van der Waals surface area contributed by atoms with E-state index in [1.54, 1.807) is 0 Å². The van der Waals surface area contributed by atoms with E-state index in [9.17, 15) is 85.3 Å². The maximum atomic E-state index is 14.0. The molecule has 0 bridgehead atoms. The van der Waals surface area contributed by atoms with Gasteiger partial charge in [0.25, 0.3) is 0 Å². The third kappa shape index (κ3) is 18.6. The van der Waals surface area contributed by atoms with Gasteiger partial charge in [-0.25, -0.2) is 0 Å². The van der Waals surface area contributed by atoms with E-state index in [-0.39, 0.29) is 78.1 Å². The fourth-order valence-electron chi connectivity index (χ4n) is 7.27. The number of nitrogens with one attached hydrogen (secondary N) is 4. The summed E-state index contributed by atoms with van der Waals surface area (Å²) in [6.45, 7) is -5.24. The van der Waals surface area contributed by atoms with Crippen molar-refractivity contribution in [3.8, 4) is 0 Å². The number of amides is 4. The minimum Gasteiger partial charge on any atom is -0.481 e. The molecule has 3 aliphatic heterocycles. The van der Waals surface area contributed by atoms with Crippen LogP contribution in [0.1, 0.15) is 32.1 Å². The summed E-state index contributed by atoms with van der Waals surface area (Å²) in [6, 6.07) is -2.40. The lowest BCUT2D eigenvalue weighted by Gasteiger charge is -2.39. The first-order chi connectivity index (χ1) is 32.7. The molecule has 0 spiro atoms. The predicted octanol–water partition coefficient (Wildman–Crippen LogP) is -11.1. The highest BCUT2D eigenvalue weighted by atomic mass is 16.7. The number of nitrogens with zero attached hydrogens (tertiary/aromatic N) is 1. The van der Waals surface area contributed by atoms with Gasteiger partial charge in [0.15, 0.2) is 18.9 Å². The van der Waals surface area contributed by atoms with Crippen molar-refractivity contribution in [2.24, 2.45) is 5.73 Å². The minimum absolute atomic E-state index is 0.0325. The number of carboxylic acid groups (broad SMARTS) is 1. The number of carbonyl (C=O) groups excluding carboxylic acids is 4. The number of ether oxygens (including phenoxy) is 6. The van der Waals surface area contributed by atoms with Crippen LogP contribution in [-0.4, -0.2) is 284 Å². The van der Waals surface area contributed by atoms with E-state index < -0.39 is 167 Å². The molecule has 3 fully saturated rings. The number of aliphatic hydroxyl groups is 12. The normalized spacial score (nSPS) is 32.5. The van der Waals surface area contributed by atoms with Crippen molar-refractivity contribution >= 4 is 29.6 Å². The Morgan fingerprint density at radius 1 is 0.507 bits per heavy atom. The van der Waals surface area contributed by atoms with E-state index in [1.807, 2.05) is 0 Å². The van der Waals surface area contributed by atoms with Crippen molar-refractivity contribution in [3.05, 3.63) is 0 Å². The molecule has 0 unspecified atom stereocenters. The summed E-state index contributed by atoms with van der Waals surface area (Å²) in [7, 11) is 0. The molecule has 0 radical (unpaired) electrons. The van der Waals surface area contributed by atoms with Crippen molar-refractivity contribution in [3.63, 3.8) is 0 Å². The molecule has 0 saturated carbocycles. The van der Waals surface area contributed by atoms with Crippen molar-refractivity contribution < 1.29 is 119 Å². The molecule has 17 atom stereocenters. The number of rotatable bonds is 30. The van der Waals surface area contributed by atoms with Crippen molar-refractivity contribution in [1.82, 2.24) is 26.2 Å². The second-order valence-corrected chi connectivity index (χ2v) is 16.4. The first-order valence-corrected chi connectivity index (χ1v) is 22.3. The Hall–Kier alpha value is -3.45. The van der Waals surface area contributed by atoms with Gasteiger partial charge in [-0.15, -0.1) is 0 Å². The Labute approximate surface area is 395 Å². The summed E-state index contributed by atoms with van der Waals surface area (Å²) >= 11 is 0. The lowest BCUT2D eigenvalue weighted by molar-refractivity contribution is -0.300. The second kappa shape index (κ2) is 30.4. The van der Waals surface area contributed by atoms with E-state index in [0.29, 0.717) is 0 Å². The van der Waals surface area contributed by atoms with Crippen LogP contribution < -0.4 is 27.0 Å². The van der Waals surface area contributed by atoms with Gasteiger partial charge in [-0.05, 0) is 25.7 Å². The highest BCUT2D eigenvalue weighted by molar-refractivity contribution is 5.86. The molecule has 19 N–H and O–H groups in total. The summed E-state index contributed by atoms with van der Waals surface area (Å²) in [5.74, 6) is -4.05. The van der Waals surface area contributed by atoms with Crippen LogP contribution in [0.3, 0.4) is 0 Å². The molecule has 0 aromatic carbocycles. The fourth-order valence-corrected chi connectivity index (χ4v) is 7.27. The van der Waals surface area contributed by atoms with Gasteiger partial charge >= 0.3 is 5.97 Å². The largest absolute Gasteiger partial charge is 0.481 e. The number of aliphatic carboxylic acids is 1. The molecule has 30 heteroatoms. The fraction of sp³-hybridized carbons (Fsp3) is 0.872. The lowest BCUT2D eigenvalue weighted by Crippen LogP contribution is -2.59. The van der Waals surface area contributed by atoms with Gasteiger partial charge in [0.1, 0.15) is 73.2 Å². The average Bonchev–Trinajstić information content (AvgIpc) is 3.32. The highest BCUT2D eigenvalue weighted by Gasteiger charge is 2.46. The quantitative estimate of drug-likeness (QED) is 0.0297.